The van der Waals surface area contributed by atoms with Crippen molar-refractivity contribution in [3.63, 3.8) is 0 Å². The first kappa shape index (κ1) is 22.4. The van der Waals surface area contributed by atoms with Crippen molar-refractivity contribution in [2.24, 2.45) is 4.99 Å². The third-order valence-electron chi connectivity index (χ3n) is 4.07. The van der Waals surface area contributed by atoms with Gasteiger partial charge in [-0.15, -0.1) is 35.3 Å². The highest BCUT2D eigenvalue weighted by atomic mass is 127. The number of hydrogen-bond donors (Lipinski definition) is 2. The first-order chi connectivity index (χ1) is 13.3. The standard InChI is InChI=1S/C20H26N6S.HI/c1-3-18-12-23-19(27-18)13-25-20(22-4-2)24-11-16-5-7-17(8-6-16)14-26-10-9-21-15-26;/h5-10,12,15H,3-4,11,13-14H2,1-2H3,(H2,22,24,25);1H. The number of aromatic nitrogens is 3. The average molecular weight is 510 g/mol. The van der Waals surface area contributed by atoms with Gasteiger partial charge in [-0.25, -0.2) is 15.0 Å². The van der Waals surface area contributed by atoms with E-state index in [2.05, 4.69) is 68.3 Å². The van der Waals surface area contributed by atoms with E-state index in [4.69, 9.17) is 0 Å². The van der Waals surface area contributed by atoms with Crippen LogP contribution in [0.1, 0.15) is 34.9 Å². The molecule has 0 saturated carbocycles. The van der Waals surface area contributed by atoms with Crippen molar-refractivity contribution in [3.8, 4) is 0 Å². The van der Waals surface area contributed by atoms with Gasteiger partial charge in [0.15, 0.2) is 5.96 Å². The summed E-state index contributed by atoms with van der Waals surface area (Å²) < 4.78 is 2.06. The van der Waals surface area contributed by atoms with E-state index >= 15 is 0 Å². The molecule has 1 aromatic carbocycles. The summed E-state index contributed by atoms with van der Waals surface area (Å²) in [7, 11) is 0. The van der Waals surface area contributed by atoms with Crippen molar-refractivity contribution in [1.29, 1.82) is 0 Å². The van der Waals surface area contributed by atoms with Crippen LogP contribution in [0.15, 0.2) is 54.2 Å². The Labute approximate surface area is 187 Å². The summed E-state index contributed by atoms with van der Waals surface area (Å²) in [6.45, 7) is 7.21. The van der Waals surface area contributed by atoms with E-state index < -0.39 is 0 Å². The summed E-state index contributed by atoms with van der Waals surface area (Å²) in [6.07, 6.45) is 8.59. The van der Waals surface area contributed by atoms with Crippen molar-refractivity contribution in [3.05, 3.63) is 70.2 Å². The Balaban J connectivity index is 0.00000280. The van der Waals surface area contributed by atoms with Crippen molar-refractivity contribution < 1.29 is 0 Å². The summed E-state index contributed by atoms with van der Waals surface area (Å²) in [6, 6.07) is 8.56. The second-order valence-electron chi connectivity index (χ2n) is 6.17. The first-order valence-corrected chi connectivity index (χ1v) is 10.1. The lowest BCUT2D eigenvalue weighted by Gasteiger charge is -2.10. The molecule has 0 aliphatic carbocycles. The summed E-state index contributed by atoms with van der Waals surface area (Å²) in [4.78, 5) is 14.5. The van der Waals surface area contributed by atoms with Crippen LogP contribution in [0.3, 0.4) is 0 Å². The topological polar surface area (TPSA) is 67.1 Å². The lowest BCUT2D eigenvalue weighted by atomic mass is 10.1. The molecule has 0 radical (unpaired) electrons. The maximum Gasteiger partial charge on any atom is 0.191 e. The molecular formula is C20H27IN6S. The highest BCUT2D eigenvalue weighted by Crippen LogP contribution is 2.13. The number of aliphatic imine (C=N–C) groups is 1. The van der Waals surface area contributed by atoms with Gasteiger partial charge in [0.25, 0.3) is 0 Å². The number of rotatable bonds is 8. The molecule has 0 atom stereocenters. The van der Waals surface area contributed by atoms with Gasteiger partial charge in [0.2, 0.25) is 0 Å². The minimum atomic E-state index is 0. The Kier molecular flexibility index (Phi) is 9.42. The largest absolute Gasteiger partial charge is 0.357 e. The molecule has 28 heavy (non-hydrogen) atoms. The molecule has 3 aromatic rings. The molecule has 2 N–H and O–H groups in total. The molecular weight excluding hydrogens is 483 g/mol. The number of nitrogens with one attached hydrogen (secondary N) is 2. The van der Waals surface area contributed by atoms with E-state index in [9.17, 15) is 0 Å². The smallest absolute Gasteiger partial charge is 0.191 e. The summed E-state index contributed by atoms with van der Waals surface area (Å²) >= 11 is 1.75. The molecule has 6 nitrogen and oxygen atoms in total. The molecule has 0 aliphatic rings. The highest BCUT2D eigenvalue weighted by molar-refractivity contribution is 14.0. The predicted molar refractivity (Wildman–Crippen MR) is 126 cm³/mol. The number of imidazole rings is 1. The van der Waals surface area contributed by atoms with Crippen molar-refractivity contribution >= 4 is 41.3 Å². The number of aryl methyl sites for hydroxylation is 1. The lowest BCUT2D eigenvalue weighted by molar-refractivity contribution is 0.795. The molecule has 3 rings (SSSR count). The number of nitrogens with zero attached hydrogens (tertiary/aromatic N) is 4. The third-order valence-corrected chi connectivity index (χ3v) is 5.21. The molecule has 8 heteroatoms. The Hall–Kier alpha value is -1.94. The number of halogens is 1. The second-order valence-corrected chi connectivity index (χ2v) is 7.37. The molecule has 0 bridgehead atoms. The Morgan fingerprint density at radius 2 is 1.93 bits per heavy atom. The summed E-state index contributed by atoms with van der Waals surface area (Å²) in [5.74, 6) is 0.813. The van der Waals surface area contributed by atoms with E-state index in [0.29, 0.717) is 13.1 Å². The van der Waals surface area contributed by atoms with Gasteiger partial charge in [-0.3, -0.25) is 0 Å². The van der Waals surface area contributed by atoms with Gasteiger partial charge < -0.3 is 15.2 Å². The van der Waals surface area contributed by atoms with Crippen LogP contribution in [0.25, 0.3) is 0 Å². The Bertz CT molecular complexity index is 842. The zero-order valence-corrected chi connectivity index (χ0v) is 19.4. The van der Waals surface area contributed by atoms with E-state index in [1.54, 1.807) is 17.5 Å². The predicted octanol–water partition coefficient (Wildman–Crippen LogP) is 3.82. The molecule has 0 saturated heterocycles. The van der Waals surface area contributed by atoms with Crippen molar-refractivity contribution in [2.75, 3.05) is 6.54 Å². The third kappa shape index (κ3) is 6.90. The summed E-state index contributed by atoms with van der Waals surface area (Å²) in [5, 5.41) is 7.74. The van der Waals surface area contributed by atoms with Crippen LogP contribution in [0.4, 0.5) is 0 Å². The fourth-order valence-electron chi connectivity index (χ4n) is 2.61. The number of thiazole rings is 1. The zero-order valence-electron chi connectivity index (χ0n) is 16.3. The van der Waals surface area contributed by atoms with Gasteiger partial charge in [0.1, 0.15) is 5.01 Å². The average Bonchev–Trinajstić information content (AvgIpc) is 3.37. The molecule has 0 amide bonds. The van der Waals surface area contributed by atoms with E-state index in [1.807, 2.05) is 18.7 Å². The monoisotopic (exact) mass is 510 g/mol. The van der Waals surface area contributed by atoms with Gasteiger partial charge in [-0.1, -0.05) is 31.2 Å². The van der Waals surface area contributed by atoms with Gasteiger partial charge in [-0.05, 0) is 24.5 Å². The van der Waals surface area contributed by atoms with E-state index in [-0.39, 0.29) is 24.0 Å². The maximum absolute atomic E-state index is 4.69. The van der Waals surface area contributed by atoms with Crippen molar-refractivity contribution in [1.82, 2.24) is 25.2 Å². The van der Waals surface area contributed by atoms with Crippen LogP contribution in [0.2, 0.25) is 0 Å². The molecule has 0 spiro atoms. The van der Waals surface area contributed by atoms with Gasteiger partial charge in [0, 0.05) is 36.6 Å². The Morgan fingerprint density at radius 1 is 1.14 bits per heavy atom. The number of hydrogen-bond acceptors (Lipinski definition) is 4. The van der Waals surface area contributed by atoms with Crippen LogP contribution in [0.5, 0.6) is 0 Å². The lowest BCUT2D eigenvalue weighted by Crippen LogP contribution is -2.36. The molecule has 2 aromatic heterocycles. The molecule has 0 fully saturated rings. The number of benzene rings is 1. The van der Waals surface area contributed by atoms with Crippen molar-refractivity contribution in [2.45, 2.75) is 39.9 Å². The van der Waals surface area contributed by atoms with E-state index in [0.717, 1.165) is 30.5 Å². The second kappa shape index (κ2) is 11.8. The fourth-order valence-corrected chi connectivity index (χ4v) is 3.41. The maximum atomic E-state index is 4.69. The SMILES string of the molecule is CCNC(=NCc1ccc(Cn2ccnc2)cc1)NCc1ncc(CC)s1.I. The Morgan fingerprint density at radius 3 is 2.57 bits per heavy atom. The highest BCUT2D eigenvalue weighted by Gasteiger charge is 2.03. The van der Waals surface area contributed by atoms with Crippen LogP contribution >= 0.6 is 35.3 Å². The number of guanidine groups is 1. The fraction of sp³-hybridized carbons (Fsp3) is 0.350. The zero-order chi connectivity index (χ0) is 18.9. The van der Waals surface area contributed by atoms with Crippen LogP contribution in [-0.4, -0.2) is 27.0 Å². The molecule has 0 unspecified atom stereocenters. The normalized spacial score (nSPS) is 11.1. The molecule has 150 valence electrons. The van der Waals surface area contributed by atoms with Crippen LogP contribution in [0, 0.1) is 0 Å². The first-order valence-electron chi connectivity index (χ1n) is 9.26. The minimum absolute atomic E-state index is 0. The molecule has 0 aliphatic heterocycles. The van der Waals surface area contributed by atoms with Crippen LogP contribution in [-0.2, 0) is 26.1 Å². The quantitative estimate of drug-likeness (QED) is 0.275. The van der Waals surface area contributed by atoms with Gasteiger partial charge in [0.05, 0.1) is 19.4 Å². The minimum Gasteiger partial charge on any atom is -0.357 e. The molecule has 2 heterocycles. The van der Waals surface area contributed by atoms with E-state index in [1.165, 1.54) is 16.0 Å². The van der Waals surface area contributed by atoms with Gasteiger partial charge in [-0.2, -0.15) is 0 Å². The summed E-state index contributed by atoms with van der Waals surface area (Å²) in [5.41, 5.74) is 2.44. The van der Waals surface area contributed by atoms with Crippen LogP contribution < -0.4 is 10.6 Å². The van der Waals surface area contributed by atoms with Gasteiger partial charge >= 0.3 is 0 Å².